The van der Waals surface area contributed by atoms with E-state index in [1.165, 1.54) is 18.5 Å². The van der Waals surface area contributed by atoms with Crippen LogP contribution < -0.4 is 10.1 Å². The molecule has 0 amide bonds. The minimum atomic E-state index is -0.949. The lowest BCUT2D eigenvalue weighted by Gasteiger charge is -2.25. The molecule has 0 unspecified atom stereocenters. The molecule has 0 spiro atoms. The standard InChI is InChI=1S/C16H15N5O7/c22-19(23)10-7-13(20(24)25)16(14(8-10)21(26)27)28-15-4-6-17-9-11(15)12-3-1-2-5-18-12/h4,6-9,12,18H,1-3,5H2/t12-/m0/s1. The van der Waals surface area contributed by atoms with Gasteiger partial charge in [-0.1, -0.05) is 6.42 Å². The predicted octanol–water partition coefficient (Wildman–Crippen LogP) is 3.41. The average Bonchev–Trinajstić information content (AvgIpc) is 2.68. The molecule has 1 aromatic heterocycles. The van der Waals surface area contributed by atoms with Crippen molar-refractivity contribution < 1.29 is 19.5 Å². The smallest absolute Gasteiger partial charge is 0.325 e. The summed E-state index contributed by atoms with van der Waals surface area (Å²) in [5.74, 6) is -0.502. The SMILES string of the molecule is O=[N+]([O-])c1cc([N+](=O)[O-])c(Oc2ccncc2[C@@H]2CCCCN2)c([N+](=O)[O-])c1. The molecule has 3 rings (SSSR count). The summed E-state index contributed by atoms with van der Waals surface area (Å²) in [6, 6.07) is 2.61. The molecule has 0 radical (unpaired) electrons. The highest BCUT2D eigenvalue weighted by atomic mass is 16.6. The Morgan fingerprint density at radius 3 is 2.25 bits per heavy atom. The molecule has 1 saturated heterocycles. The molecule has 12 heteroatoms. The molecule has 12 nitrogen and oxygen atoms in total. The molecule has 1 aliphatic rings. The van der Waals surface area contributed by atoms with Crippen LogP contribution in [0.25, 0.3) is 0 Å². The van der Waals surface area contributed by atoms with E-state index in [0.29, 0.717) is 17.7 Å². The number of hydrogen-bond donors (Lipinski definition) is 1. The summed E-state index contributed by atoms with van der Waals surface area (Å²) < 4.78 is 5.60. The summed E-state index contributed by atoms with van der Waals surface area (Å²) in [5, 5.41) is 37.1. The molecule has 1 aliphatic heterocycles. The first kappa shape index (κ1) is 19.1. The number of non-ortho nitro benzene ring substituents is 1. The van der Waals surface area contributed by atoms with Crippen LogP contribution in [-0.4, -0.2) is 26.3 Å². The van der Waals surface area contributed by atoms with E-state index in [1.807, 2.05) is 0 Å². The van der Waals surface area contributed by atoms with Gasteiger partial charge < -0.3 is 10.1 Å². The van der Waals surface area contributed by atoms with Gasteiger partial charge in [0.05, 0.1) is 26.9 Å². The first-order valence-corrected chi connectivity index (χ1v) is 8.35. The largest absolute Gasteiger partial charge is 0.444 e. The zero-order chi connectivity index (χ0) is 20.3. The number of rotatable bonds is 6. The van der Waals surface area contributed by atoms with Gasteiger partial charge in [-0.05, 0) is 25.5 Å². The van der Waals surface area contributed by atoms with Gasteiger partial charge in [-0.3, -0.25) is 35.3 Å². The summed E-state index contributed by atoms with van der Waals surface area (Å²) in [6.45, 7) is 0.775. The Labute approximate surface area is 157 Å². The van der Waals surface area contributed by atoms with Crippen molar-refractivity contribution in [3.63, 3.8) is 0 Å². The molecule has 146 valence electrons. The summed E-state index contributed by atoms with van der Waals surface area (Å²) >= 11 is 0. The highest BCUT2D eigenvalue weighted by Gasteiger charge is 2.33. The van der Waals surface area contributed by atoms with E-state index in [9.17, 15) is 30.3 Å². The number of hydrogen-bond acceptors (Lipinski definition) is 9. The van der Waals surface area contributed by atoms with Crippen LogP contribution in [0.3, 0.4) is 0 Å². The van der Waals surface area contributed by atoms with Crippen LogP contribution >= 0.6 is 0 Å². The van der Waals surface area contributed by atoms with Crippen molar-refractivity contribution in [1.29, 1.82) is 0 Å². The molecule has 0 aliphatic carbocycles. The van der Waals surface area contributed by atoms with Crippen molar-refractivity contribution in [1.82, 2.24) is 10.3 Å². The van der Waals surface area contributed by atoms with Gasteiger partial charge in [0.25, 0.3) is 11.4 Å². The van der Waals surface area contributed by atoms with Crippen LogP contribution in [0, 0.1) is 30.3 Å². The molecule has 0 bridgehead atoms. The van der Waals surface area contributed by atoms with Crippen molar-refractivity contribution in [2.24, 2.45) is 0 Å². The van der Waals surface area contributed by atoms with E-state index in [4.69, 9.17) is 4.74 Å². The Morgan fingerprint density at radius 2 is 1.71 bits per heavy atom. The molecule has 1 fully saturated rings. The van der Waals surface area contributed by atoms with Gasteiger partial charge >= 0.3 is 11.4 Å². The molecular weight excluding hydrogens is 374 g/mol. The second-order valence-electron chi connectivity index (χ2n) is 6.10. The maximum Gasteiger partial charge on any atom is 0.325 e. The Kier molecular flexibility index (Phi) is 5.40. The lowest BCUT2D eigenvalue weighted by atomic mass is 9.98. The van der Waals surface area contributed by atoms with Crippen molar-refractivity contribution in [2.45, 2.75) is 25.3 Å². The topological polar surface area (TPSA) is 164 Å². The maximum absolute atomic E-state index is 11.4. The number of ether oxygens (including phenoxy) is 1. The number of nitro groups is 3. The Balaban J connectivity index is 2.11. The Bertz CT molecular complexity index is 908. The van der Waals surface area contributed by atoms with Crippen molar-refractivity contribution in [3.05, 3.63) is 66.5 Å². The number of aromatic nitrogens is 1. The highest BCUT2D eigenvalue weighted by Crippen LogP contribution is 2.44. The van der Waals surface area contributed by atoms with Crippen molar-refractivity contribution >= 4 is 17.1 Å². The second kappa shape index (κ2) is 7.92. The quantitative estimate of drug-likeness (QED) is 0.575. The van der Waals surface area contributed by atoms with E-state index < -0.39 is 37.6 Å². The van der Waals surface area contributed by atoms with Gasteiger partial charge in [0.1, 0.15) is 5.75 Å². The number of nitro benzene ring substituents is 3. The average molecular weight is 389 g/mol. The second-order valence-corrected chi connectivity index (χ2v) is 6.10. The molecule has 1 atom stereocenters. The van der Waals surface area contributed by atoms with Crippen LogP contribution in [-0.2, 0) is 0 Å². The summed E-state index contributed by atoms with van der Waals surface area (Å²) in [4.78, 5) is 35.0. The first-order valence-electron chi connectivity index (χ1n) is 8.35. The number of nitrogens with zero attached hydrogens (tertiary/aromatic N) is 4. The van der Waals surface area contributed by atoms with Crippen LogP contribution in [0.5, 0.6) is 11.5 Å². The molecular formula is C16H15N5O7. The molecule has 28 heavy (non-hydrogen) atoms. The Hall–Kier alpha value is -3.67. The summed E-state index contributed by atoms with van der Waals surface area (Å²) in [5.41, 5.74) is -1.89. The maximum atomic E-state index is 11.4. The molecule has 1 aromatic carbocycles. The summed E-state index contributed by atoms with van der Waals surface area (Å²) in [7, 11) is 0. The molecule has 0 saturated carbocycles. The van der Waals surface area contributed by atoms with Gasteiger partial charge in [-0.15, -0.1) is 0 Å². The molecule has 2 heterocycles. The van der Waals surface area contributed by atoms with E-state index in [-0.39, 0.29) is 11.8 Å². The van der Waals surface area contributed by atoms with Gasteiger partial charge in [-0.2, -0.15) is 0 Å². The normalized spacial score (nSPS) is 16.4. The fourth-order valence-corrected chi connectivity index (χ4v) is 3.04. The van der Waals surface area contributed by atoms with Crippen LogP contribution in [0.4, 0.5) is 17.1 Å². The first-order chi connectivity index (χ1) is 13.4. The van der Waals surface area contributed by atoms with Crippen molar-refractivity contribution in [3.8, 4) is 11.5 Å². The van der Waals surface area contributed by atoms with Gasteiger partial charge in [0.2, 0.25) is 0 Å². The number of nitrogens with one attached hydrogen (secondary N) is 1. The fourth-order valence-electron chi connectivity index (χ4n) is 3.04. The lowest BCUT2D eigenvalue weighted by Crippen LogP contribution is -2.27. The van der Waals surface area contributed by atoms with Gasteiger partial charge in [0.15, 0.2) is 0 Å². The van der Waals surface area contributed by atoms with E-state index in [2.05, 4.69) is 10.3 Å². The van der Waals surface area contributed by atoms with Gasteiger partial charge in [-0.25, -0.2) is 0 Å². The third-order valence-electron chi connectivity index (χ3n) is 4.35. The molecule has 2 aromatic rings. The van der Waals surface area contributed by atoms with E-state index in [1.54, 1.807) is 0 Å². The van der Waals surface area contributed by atoms with Crippen molar-refractivity contribution in [2.75, 3.05) is 6.54 Å². The number of piperidine rings is 1. The summed E-state index contributed by atoms with van der Waals surface area (Å²) in [6.07, 6.45) is 5.68. The Morgan fingerprint density at radius 1 is 1.04 bits per heavy atom. The minimum Gasteiger partial charge on any atom is -0.444 e. The third kappa shape index (κ3) is 3.86. The fraction of sp³-hybridized carbons (Fsp3) is 0.312. The zero-order valence-corrected chi connectivity index (χ0v) is 14.4. The predicted molar refractivity (Wildman–Crippen MR) is 95.3 cm³/mol. The van der Waals surface area contributed by atoms with Crippen LogP contribution in [0.2, 0.25) is 0 Å². The number of benzene rings is 1. The van der Waals surface area contributed by atoms with Crippen LogP contribution in [0.15, 0.2) is 30.6 Å². The van der Waals surface area contributed by atoms with Gasteiger partial charge in [0, 0.05) is 24.0 Å². The zero-order valence-electron chi connectivity index (χ0n) is 14.4. The number of pyridine rings is 1. The third-order valence-corrected chi connectivity index (χ3v) is 4.35. The van der Waals surface area contributed by atoms with E-state index >= 15 is 0 Å². The lowest BCUT2D eigenvalue weighted by molar-refractivity contribution is -0.404. The minimum absolute atomic E-state index is 0.117. The van der Waals surface area contributed by atoms with E-state index in [0.717, 1.165) is 25.8 Å². The monoisotopic (exact) mass is 389 g/mol. The van der Waals surface area contributed by atoms with Crippen LogP contribution in [0.1, 0.15) is 30.9 Å². The molecule has 1 N–H and O–H groups in total. The highest BCUT2D eigenvalue weighted by molar-refractivity contribution is 5.66.